The molecule has 0 amide bonds. The molecule has 0 radical (unpaired) electrons. The number of aryl methyl sites for hydroxylation is 1. The molecule has 0 aliphatic rings. The molecule has 16 heavy (non-hydrogen) atoms. The van der Waals surface area contributed by atoms with Gasteiger partial charge in [-0.3, -0.25) is 0 Å². The van der Waals surface area contributed by atoms with E-state index in [0.717, 1.165) is 5.69 Å². The molecule has 0 bridgehead atoms. The van der Waals surface area contributed by atoms with Gasteiger partial charge in [0.2, 0.25) is 5.95 Å². The Morgan fingerprint density at radius 1 is 1.25 bits per heavy atom. The van der Waals surface area contributed by atoms with Crippen molar-refractivity contribution >= 4 is 23.1 Å². The molecule has 0 aliphatic carbocycles. The molecule has 1 aromatic carbocycles. The Balaban J connectivity index is 2.27. The highest BCUT2D eigenvalue weighted by Crippen LogP contribution is 2.21. The maximum Gasteiger partial charge on any atom is 0.222 e. The number of nitrogens with two attached hydrogens (primary N) is 2. The number of hydrogen-bond acceptors (Lipinski definition) is 5. The fourth-order valence-corrected chi connectivity index (χ4v) is 1.38. The zero-order valence-electron chi connectivity index (χ0n) is 8.94. The van der Waals surface area contributed by atoms with Crippen LogP contribution >= 0.6 is 0 Å². The van der Waals surface area contributed by atoms with E-state index in [1.54, 1.807) is 6.20 Å². The first kappa shape index (κ1) is 10.2. The summed E-state index contributed by atoms with van der Waals surface area (Å²) in [7, 11) is 0. The van der Waals surface area contributed by atoms with E-state index in [2.05, 4.69) is 15.3 Å². The van der Waals surface area contributed by atoms with E-state index in [4.69, 9.17) is 11.5 Å². The number of nitrogens with one attached hydrogen (secondary N) is 1. The Kier molecular flexibility index (Phi) is 2.59. The van der Waals surface area contributed by atoms with Crippen molar-refractivity contribution in [1.29, 1.82) is 0 Å². The lowest BCUT2D eigenvalue weighted by Crippen LogP contribution is -2.03. The van der Waals surface area contributed by atoms with Crippen molar-refractivity contribution in [2.75, 3.05) is 16.8 Å². The summed E-state index contributed by atoms with van der Waals surface area (Å²) in [5, 5.41) is 3.13. The smallest absolute Gasteiger partial charge is 0.222 e. The molecule has 2 rings (SSSR count). The van der Waals surface area contributed by atoms with Gasteiger partial charge in [-0.05, 0) is 24.6 Å². The zero-order valence-corrected chi connectivity index (χ0v) is 8.94. The molecule has 5 heteroatoms. The Bertz CT molecular complexity index is 509. The van der Waals surface area contributed by atoms with E-state index < -0.39 is 0 Å². The molecule has 0 saturated heterocycles. The quantitative estimate of drug-likeness (QED) is 0.709. The fraction of sp³-hybridized carbons (Fsp3) is 0.0909. The third kappa shape index (κ3) is 2.20. The number of nitrogens with zero attached hydrogens (tertiary/aromatic N) is 2. The monoisotopic (exact) mass is 215 g/mol. The summed E-state index contributed by atoms with van der Waals surface area (Å²) < 4.78 is 0. The van der Waals surface area contributed by atoms with E-state index in [1.807, 2.05) is 31.2 Å². The largest absolute Gasteiger partial charge is 0.382 e. The summed E-state index contributed by atoms with van der Waals surface area (Å²) in [6, 6.07) is 7.94. The molecule has 5 N–H and O–H groups in total. The molecule has 1 heterocycles. The van der Waals surface area contributed by atoms with Crippen LogP contribution in [-0.4, -0.2) is 9.97 Å². The lowest BCUT2D eigenvalue weighted by Gasteiger charge is -2.08. The van der Waals surface area contributed by atoms with Crippen molar-refractivity contribution in [3.8, 4) is 0 Å². The summed E-state index contributed by atoms with van der Waals surface area (Å²) in [5.74, 6) is 0.515. The first-order chi connectivity index (χ1) is 7.65. The topological polar surface area (TPSA) is 89.8 Å². The van der Waals surface area contributed by atoms with E-state index in [0.29, 0.717) is 11.5 Å². The van der Waals surface area contributed by atoms with Crippen LogP contribution in [0.1, 0.15) is 5.56 Å². The van der Waals surface area contributed by atoms with Crippen LogP contribution in [0.3, 0.4) is 0 Å². The predicted molar refractivity (Wildman–Crippen MR) is 65.3 cm³/mol. The van der Waals surface area contributed by atoms with Crippen molar-refractivity contribution in [3.05, 3.63) is 36.0 Å². The normalized spacial score (nSPS) is 10.1. The highest BCUT2D eigenvalue weighted by atomic mass is 15.1. The number of hydrogen-bond donors (Lipinski definition) is 3. The second-order valence-electron chi connectivity index (χ2n) is 3.52. The Labute approximate surface area is 93.5 Å². The van der Waals surface area contributed by atoms with Crippen LogP contribution in [0.2, 0.25) is 0 Å². The molecule has 2 aromatic rings. The van der Waals surface area contributed by atoms with E-state index in [-0.39, 0.29) is 5.95 Å². The van der Waals surface area contributed by atoms with Gasteiger partial charge in [0.25, 0.3) is 0 Å². The van der Waals surface area contributed by atoms with Crippen LogP contribution < -0.4 is 16.8 Å². The summed E-state index contributed by atoms with van der Waals surface area (Å²) in [4.78, 5) is 7.76. The molecule has 5 nitrogen and oxygen atoms in total. The van der Waals surface area contributed by atoms with E-state index in [1.165, 1.54) is 5.56 Å². The van der Waals surface area contributed by atoms with Crippen LogP contribution in [0.15, 0.2) is 30.5 Å². The second-order valence-corrected chi connectivity index (χ2v) is 3.52. The third-order valence-corrected chi connectivity index (χ3v) is 2.13. The fourth-order valence-electron chi connectivity index (χ4n) is 1.38. The van der Waals surface area contributed by atoms with Gasteiger partial charge in [0.1, 0.15) is 5.69 Å². The average molecular weight is 215 g/mol. The number of aromatic nitrogens is 2. The van der Waals surface area contributed by atoms with Crippen molar-refractivity contribution in [2.45, 2.75) is 6.92 Å². The standard InChI is InChI=1S/C11H13N5/c1-7-3-2-4-8(5-7)15-9-6-14-11(13)16-10(9)12/h2-6,15H,1H3,(H4,12,13,14,16). The average Bonchev–Trinajstić information content (AvgIpc) is 2.22. The Morgan fingerprint density at radius 2 is 2.06 bits per heavy atom. The van der Waals surface area contributed by atoms with Crippen LogP contribution in [0.25, 0.3) is 0 Å². The maximum atomic E-state index is 5.71. The molecule has 0 aliphatic heterocycles. The summed E-state index contributed by atoms with van der Waals surface area (Å²) in [6.45, 7) is 2.02. The van der Waals surface area contributed by atoms with E-state index in [9.17, 15) is 0 Å². The van der Waals surface area contributed by atoms with Crippen molar-refractivity contribution < 1.29 is 0 Å². The van der Waals surface area contributed by atoms with Gasteiger partial charge in [0.05, 0.1) is 6.20 Å². The van der Waals surface area contributed by atoms with Gasteiger partial charge in [-0.25, -0.2) is 4.98 Å². The molecule has 0 unspecified atom stereocenters. The first-order valence-corrected chi connectivity index (χ1v) is 4.87. The molecule has 82 valence electrons. The molecule has 0 fully saturated rings. The van der Waals surface area contributed by atoms with Gasteiger partial charge in [0.15, 0.2) is 5.82 Å². The Hall–Kier alpha value is -2.30. The van der Waals surface area contributed by atoms with Crippen LogP contribution in [-0.2, 0) is 0 Å². The first-order valence-electron chi connectivity index (χ1n) is 4.87. The maximum absolute atomic E-state index is 5.71. The zero-order chi connectivity index (χ0) is 11.5. The van der Waals surface area contributed by atoms with Crippen molar-refractivity contribution in [2.24, 2.45) is 0 Å². The van der Waals surface area contributed by atoms with Gasteiger partial charge >= 0.3 is 0 Å². The number of benzene rings is 1. The number of nitrogen functional groups attached to an aromatic ring is 2. The Morgan fingerprint density at radius 3 is 2.75 bits per heavy atom. The molecule has 0 spiro atoms. The molecular formula is C11H13N5. The van der Waals surface area contributed by atoms with Gasteiger partial charge in [-0.1, -0.05) is 12.1 Å². The minimum atomic E-state index is 0.173. The highest BCUT2D eigenvalue weighted by Gasteiger charge is 2.02. The second kappa shape index (κ2) is 4.06. The lowest BCUT2D eigenvalue weighted by atomic mass is 10.2. The minimum Gasteiger partial charge on any atom is -0.382 e. The van der Waals surface area contributed by atoms with Gasteiger partial charge < -0.3 is 16.8 Å². The highest BCUT2D eigenvalue weighted by molar-refractivity contribution is 5.69. The van der Waals surface area contributed by atoms with Crippen molar-refractivity contribution in [3.63, 3.8) is 0 Å². The van der Waals surface area contributed by atoms with Gasteiger partial charge in [-0.2, -0.15) is 4.98 Å². The summed E-state index contributed by atoms with van der Waals surface area (Å²) >= 11 is 0. The summed E-state index contributed by atoms with van der Waals surface area (Å²) in [5.41, 5.74) is 13.9. The molecule has 0 saturated carbocycles. The van der Waals surface area contributed by atoms with Crippen LogP contribution in [0, 0.1) is 6.92 Å². The lowest BCUT2D eigenvalue weighted by molar-refractivity contribution is 1.19. The summed E-state index contributed by atoms with van der Waals surface area (Å²) in [6.07, 6.45) is 1.57. The molecule has 0 atom stereocenters. The number of rotatable bonds is 2. The number of anilines is 4. The predicted octanol–water partition coefficient (Wildman–Crippen LogP) is 1.69. The van der Waals surface area contributed by atoms with Crippen molar-refractivity contribution in [1.82, 2.24) is 9.97 Å². The van der Waals surface area contributed by atoms with Crippen LogP contribution in [0.5, 0.6) is 0 Å². The minimum absolute atomic E-state index is 0.173. The SMILES string of the molecule is Cc1cccc(Nc2cnc(N)nc2N)c1. The van der Waals surface area contributed by atoms with Crippen LogP contribution in [0.4, 0.5) is 23.1 Å². The molecular weight excluding hydrogens is 202 g/mol. The van der Waals surface area contributed by atoms with E-state index >= 15 is 0 Å². The molecule has 1 aromatic heterocycles. The van der Waals surface area contributed by atoms with Gasteiger partial charge in [-0.15, -0.1) is 0 Å². The van der Waals surface area contributed by atoms with Gasteiger partial charge in [0, 0.05) is 5.69 Å². The third-order valence-electron chi connectivity index (χ3n) is 2.13.